The van der Waals surface area contributed by atoms with Gasteiger partial charge in [0.2, 0.25) is 0 Å². The molecule has 96 valence electrons. The summed E-state index contributed by atoms with van der Waals surface area (Å²) >= 11 is 10.5. The lowest BCUT2D eigenvalue weighted by molar-refractivity contribution is 1.26. The second-order valence-electron chi connectivity index (χ2n) is 4.03. The van der Waals surface area contributed by atoms with Gasteiger partial charge in [-0.2, -0.15) is 0 Å². The molecule has 0 saturated heterocycles. The van der Waals surface area contributed by atoms with Gasteiger partial charge in [0.15, 0.2) is 5.11 Å². The van der Waals surface area contributed by atoms with Gasteiger partial charge in [0, 0.05) is 12.1 Å². The molecule has 0 atom stereocenters. The minimum absolute atomic E-state index is 0.520. The van der Waals surface area contributed by atoms with Crippen molar-refractivity contribution < 1.29 is 0 Å². The zero-order valence-corrected chi connectivity index (χ0v) is 11.9. The maximum absolute atomic E-state index is 5.29. The lowest BCUT2D eigenvalue weighted by Gasteiger charge is -2.11. The molecule has 19 heavy (non-hydrogen) atoms. The molecule has 2 rings (SSSR count). The Labute approximate surface area is 123 Å². The largest absolute Gasteiger partial charge is 0.332 e. The monoisotopic (exact) mass is 286 g/mol. The number of benzene rings is 2. The summed E-state index contributed by atoms with van der Waals surface area (Å²) in [6.45, 7) is 0. The Morgan fingerprint density at radius 3 is 2.05 bits per heavy atom. The van der Waals surface area contributed by atoms with Crippen molar-refractivity contribution in [1.82, 2.24) is 5.32 Å². The van der Waals surface area contributed by atoms with E-state index in [1.165, 1.54) is 5.56 Å². The number of thiocarbonyl (C=S) groups is 2. The number of hydrogen-bond donors (Lipinski definition) is 2. The molecule has 0 aliphatic heterocycles. The predicted molar refractivity (Wildman–Crippen MR) is 88.5 cm³/mol. The van der Waals surface area contributed by atoms with Crippen molar-refractivity contribution in [1.29, 1.82) is 0 Å². The first kappa shape index (κ1) is 13.6. The summed E-state index contributed by atoms with van der Waals surface area (Å²) in [5.41, 5.74) is 2.12. The molecule has 0 saturated carbocycles. The van der Waals surface area contributed by atoms with Gasteiger partial charge in [-0.15, -0.1) is 0 Å². The van der Waals surface area contributed by atoms with E-state index in [2.05, 4.69) is 10.6 Å². The van der Waals surface area contributed by atoms with Gasteiger partial charge in [0.05, 0.1) is 4.99 Å². The van der Waals surface area contributed by atoms with Crippen LogP contribution in [0.25, 0.3) is 0 Å². The zero-order chi connectivity index (χ0) is 13.5. The number of hydrogen-bond acceptors (Lipinski definition) is 2. The standard InChI is InChI=1S/C15H14N2S2/c18-14(11-12-7-3-1-4-8-12)17-15(19)16-13-9-5-2-6-10-13/h1-10H,11H2,(H2,16,17,18,19). The summed E-state index contributed by atoms with van der Waals surface area (Å²) in [5.74, 6) is 0. The van der Waals surface area contributed by atoms with Crippen LogP contribution in [-0.2, 0) is 6.42 Å². The van der Waals surface area contributed by atoms with Gasteiger partial charge in [-0.3, -0.25) is 0 Å². The molecule has 0 fully saturated rings. The van der Waals surface area contributed by atoms with Gasteiger partial charge in [-0.25, -0.2) is 0 Å². The van der Waals surface area contributed by atoms with Crippen LogP contribution in [0.4, 0.5) is 5.69 Å². The Kier molecular flexibility index (Phi) is 5.01. The molecule has 2 aromatic carbocycles. The highest BCUT2D eigenvalue weighted by Gasteiger charge is 2.02. The van der Waals surface area contributed by atoms with E-state index in [0.29, 0.717) is 16.5 Å². The first-order chi connectivity index (χ1) is 9.24. The summed E-state index contributed by atoms with van der Waals surface area (Å²) in [4.78, 5) is 0.708. The third-order valence-corrected chi connectivity index (χ3v) is 2.94. The molecular weight excluding hydrogens is 272 g/mol. The summed E-state index contributed by atoms with van der Waals surface area (Å²) in [7, 11) is 0. The van der Waals surface area contributed by atoms with Crippen molar-refractivity contribution in [2.45, 2.75) is 6.42 Å². The van der Waals surface area contributed by atoms with Crippen molar-refractivity contribution >= 4 is 40.2 Å². The Bertz CT molecular complexity index is 501. The minimum Gasteiger partial charge on any atom is -0.332 e. The zero-order valence-electron chi connectivity index (χ0n) is 10.3. The van der Waals surface area contributed by atoms with Crippen LogP contribution in [0.5, 0.6) is 0 Å². The number of rotatable bonds is 3. The molecule has 0 aromatic heterocycles. The van der Waals surface area contributed by atoms with E-state index >= 15 is 0 Å². The lowest BCUT2D eigenvalue weighted by atomic mass is 10.1. The van der Waals surface area contributed by atoms with E-state index in [9.17, 15) is 0 Å². The van der Waals surface area contributed by atoms with Crippen molar-refractivity contribution in [3.63, 3.8) is 0 Å². The lowest BCUT2D eigenvalue weighted by Crippen LogP contribution is -2.33. The van der Waals surface area contributed by atoms with Crippen LogP contribution in [0.2, 0.25) is 0 Å². The van der Waals surface area contributed by atoms with E-state index in [0.717, 1.165) is 5.69 Å². The third-order valence-electron chi connectivity index (χ3n) is 2.49. The average molecular weight is 286 g/mol. The fourth-order valence-corrected chi connectivity index (χ4v) is 2.21. The van der Waals surface area contributed by atoms with Crippen LogP contribution in [0.1, 0.15) is 5.56 Å². The van der Waals surface area contributed by atoms with Crippen LogP contribution >= 0.6 is 24.4 Å². The Balaban J connectivity index is 1.84. The highest BCUT2D eigenvalue weighted by atomic mass is 32.1. The van der Waals surface area contributed by atoms with Gasteiger partial charge in [0.1, 0.15) is 0 Å². The Morgan fingerprint density at radius 2 is 1.42 bits per heavy atom. The van der Waals surface area contributed by atoms with Crippen LogP contribution in [0, 0.1) is 0 Å². The van der Waals surface area contributed by atoms with Crippen molar-refractivity contribution in [3.8, 4) is 0 Å². The number of nitrogens with one attached hydrogen (secondary N) is 2. The summed E-state index contributed by atoms with van der Waals surface area (Å²) < 4.78 is 0. The van der Waals surface area contributed by atoms with E-state index in [1.54, 1.807) is 0 Å². The van der Waals surface area contributed by atoms with Gasteiger partial charge in [0.25, 0.3) is 0 Å². The van der Waals surface area contributed by atoms with E-state index in [4.69, 9.17) is 24.4 Å². The first-order valence-electron chi connectivity index (χ1n) is 5.94. The van der Waals surface area contributed by atoms with E-state index < -0.39 is 0 Å². The van der Waals surface area contributed by atoms with E-state index in [-0.39, 0.29) is 0 Å². The molecule has 2 nitrogen and oxygen atoms in total. The van der Waals surface area contributed by atoms with Crippen molar-refractivity contribution in [2.75, 3.05) is 5.32 Å². The average Bonchev–Trinajstić information content (AvgIpc) is 2.40. The molecule has 0 radical (unpaired) electrons. The molecule has 0 spiro atoms. The molecule has 0 aliphatic carbocycles. The maximum Gasteiger partial charge on any atom is 0.175 e. The first-order valence-corrected chi connectivity index (χ1v) is 6.75. The fourth-order valence-electron chi connectivity index (χ4n) is 1.64. The van der Waals surface area contributed by atoms with Crippen molar-refractivity contribution in [2.24, 2.45) is 0 Å². The Hall–Kier alpha value is -1.78. The van der Waals surface area contributed by atoms with Crippen LogP contribution in [0.3, 0.4) is 0 Å². The normalized spacial score (nSPS) is 9.68. The Morgan fingerprint density at radius 1 is 0.842 bits per heavy atom. The molecule has 4 heteroatoms. The number of anilines is 1. The quantitative estimate of drug-likeness (QED) is 0.843. The highest BCUT2D eigenvalue weighted by Crippen LogP contribution is 2.05. The van der Waals surface area contributed by atoms with Gasteiger partial charge < -0.3 is 10.6 Å². The smallest absolute Gasteiger partial charge is 0.175 e. The van der Waals surface area contributed by atoms with Crippen LogP contribution in [-0.4, -0.2) is 10.1 Å². The third kappa shape index (κ3) is 4.77. The molecule has 0 aliphatic rings. The summed E-state index contributed by atoms with van der Waals surface area (Å²) in [6.07, 6.45) is 0.687. The van der Waals surface area contributed by atoms with Gasteiger partial charge in [-0.05, 0) is 29.9 Å². The minimum atomic E-state index is 0.520. The second-order valence-corrected chi connectivity index (χ2v) is 4.93. The predicted octanol–water partition coefficient (Wildman–Crippen LogP) is 3.54. The molecule has 2 N–H and O–H groups in total. The highest BCUT2D eigenvalue weighted by molar-refractivity contribution is 7.82. The fraction of sp³-hybridized carbons (Fsp3) is 0.0667. The topological polar surface area (TPSA) is 24.1 Å². The molecule has 0 heterocycles. The summed E-state index contributed by atoms with van der Waals surface area (Å²) in [6, 6.07) is 19.8. The summed E-state index contributed by atoms with van der Waals surface area (Å²) in [5, 5.41) is 6.64. The van der Waals surface area contributed by atoms with Crippen molar-refractivity contribution in [3.05, 3.63) is 66.2 Å². The van der Waals surface area contributed by atoms with E-state index in [1.807, 2.05) is 60.7 Å². The van der Waals surface area contributed by atoms with Gasteiger partial charge in [-0.1, -0.05) is 60.7 Å². The van der Waals surface area contributed by atoms with Gasteiger partial charge >= 0.3 is 0 Å². The molecule has 0 bridgehead atoms. The maximum atomic E-state index is 5.29. The van der Waals surface area contributed by atoms with Crippen LogP contribution in [0.15, 0.2) is 60.7 Å². The number of para-hydroxylation sites is 1. The van der Waals surface area contributed by atoms with Crippen LogP contribution < -0.4 is 10.6 Å². The molecular formula is C15H14N2S2. The second kappa shape index (κ2) is 6.97. The SMILES string of the molecule is S=C(Cc1ccccc1)NC(=S)Nc1ccccc1. The molecule has 2 aromatic rings. The molecule has 0 amide bonds. The molecule has 0 unspecified atom stereocenters.